The molecular formula is C20H16N2O3. The van der Waals surface area contributed by atoms with Crippen molar-refractivity contribution in [3.8, 4) is 28.3 Å². The zero-order valence-corrected chi connectivity index (χ0v) is 13.9. The molecule has 0 radical (unpaired) electrons. The Morgan fingerprint density at radius 2 is 1.92 bits per heavy atom. The standard InChI is InChI=1S/C20H16N2O3/c1-12-3-5-13(6-4-12)16-8-18(23)14-7-15(20-10-21-11-25-20)19(24-2)9-17(14)22-16/h3-11H,1-2H3,(H,22,23). The van der Waals surface area contributed by atoms with Gasteiger partial charge in [-0.15, -0.1) is 0 Å². The number of ether oxygens (including phenoxy) is 1. The van der Waals surface area contributed by atoms with Gasteiger partial charge in [0.25, 0.3) is 0 Å². The summed E-state index contributed by atoms with van der Waals surface area (Å²) >= 11 is 0. The topological polar surface area (TPSA) is 68.1 Å². The fourth-order valence-electron chi connectivity index (χ4n) is 2.88. The first-order valence-electron chi connectivity index (χ1n) is 7.86. The smallest absolute Gasteiger partial charge is 0.190 e. The molecule has 124 valence electrons. The van der Waals surface area contributed by atoms with Crippen LogP contribution in [0.15, 0.2) is 64.3 Å². The summed E-state index contributed by atoms with van der Waals surface area (Å²) in [6, 6.07) is 13.2. The number of oxazole rings is 1. The van der Waals surface area contributed by atoms with E-state index in [1.165, 1.54) is 12.0 Å². The lowest BCUT2D eigenvalue weighted by molar-refractivity contribution is 0.415. The molecule has 2 aromatic heterocycles. The molecule has 1 N–H and O–H groups in total. The number of methoxy groups -OCH3 is 1. The number of aromatic nitrogens is 2. The first kappa shape index (κ1) is 15.2. The number of H-pyrrole nitrogens is 1. The van der Waals surface area contributed by atoms with Gasteiger partial charge in [0.2, 0.25) is 0 Å². The molecule has 2 heterocycles. The van der Waals surface area contributed by atoms with Gasteiger partial charge in [0.1, 0.15) is 5.75 Å². The molecule has 2 aromatic carbocycles. The first-order chi connectivity index (χ1) is 12.2. The van der Waals surface area contributed by atoms with Gasteiger partial charge in [-0.3, -0.25) is 4.79 Å². The van der Waals surface area contributed by atoms with Crippen LogP contribution in [-0.2, 0) is 0 Å². The predicted octanol–water partition coefficient (Wildman–Crippen LogP) is 4.17. The van der Waals surface area contributed by atoms with Crippen molar-refractivity contribution in [1.82, 2.24) is 9.97 Å². The molecule has 0 aliphatic heterocycles. The number of fused-ring (bicyclic) bond motifs is 1. The van der Waals surface area contributed by atoms with E-state index in [1.807, 2.05) is 37.3 Å². The number of pyridine rings is 1. The number of aromatic amines is 1. The normalized spacial score (nSPS) is 11.0. The molecule has 0 aliphatic rings. The summed E-state index contributed by atoms with van der Waals surface area (Å²) in [6.07, 6.45) is 2.95. The molecule has 4 aromatic rings. The van der Waals surface area contributed by atoms with Crippen molar-refractivity contribution in [3.63, 3.8) is 0 Å². The van der Waals surface area contributed by atoms with Gasteiger partial charge in [-0.1, -0.05) is 29.8 Å². The predicted molar refractivity (Wildman–Crippen MR) is 96.8 cm³/mol. The van der Waals surface area contributed by atoms with E-state index in [0.717, 1.165) is 11.3 Å². The second kappa shape index (κ2) is 5.94. The molecule has 0 unspecified atom stereocenters. The minimum Gasteiger partial charge on any atom is -0.496 e. The van der Waals surface area contributed by atoms with Crippen LogP contribution in [0, 0.1) is 6.92 Å². The number of hydrogen-bond acceptors (Lipinski definition) is 4. The Hall–Kier alpha value is -3.34. The highest BCUT2D eigenvalue weighted by Gasteiger charge is 2.13. The molecule has 4 rings (SSSR count). The highest BCUT2D eigenvalue weighted by Crippen LogP contribution is 2.33. The monoisotopic (exact) mass is 332 g/mol. The van der Waals surface area contributed by atoms with E-state index < -0.39 is 0 Å². The summed E-state index contributed by atoms with van der Waals surface area (Å²) in [6.45, 7) is 2.03. The Balaban J connectivity index is 1.94. The Kier molecular flexibility index (Phi) is 3.61. The van der Waals surface area contributed by atoms with E-state index in [4.69, 9.17) is 9.15 Å². The maximum absolute atomic E-state index is 12.7. The third kappa shape index (κ3) is 2.70. The lowest BCUT2D eigenvalue weighted by Gasteiger charge is -2.10. The van der Waals surface area contributed by atoms with Crippen molar-refractivity contribution >= 4 is 10.9 Å². The van der Waals surface area contributed by atoms with Gasteiger partial charge in [0.15, 0.2) is 17.6 Å². The summed E-state index contributed by atoms with van der Waals surface area (Å²) in [4.78, 5) is 19.9. The number of nitrogens with zero attached hydrogens (tertiary/aromatic N) is 1. The van der Waals surface area contributed by atoms with Crippen LogP contribution in [0.5, 0.6) is 5.75 Å². The Labute approximate surface area is 143 Å². The summed E-state index contributed by atoms with van der Waals surface area (Å²) in [5.41, 5.74) is 4.25. The molecule has 5 nitrogen and oxygen atoms in total. The highest BCUT2D eigenvalue weighted by molar-refractivity contribution is 5.88. The molecule has 0 aliphatic carbocycles. The first-order valence-corrected chi connectivity index (χ1v) is 7.86. The van der Waals surface area contributed by atoms with E-state index in [2.05, 4.69) is 9.97 Å². The van der Waals surface area contributed by atoms with Gasteiger partial charge in [-0.2, -0.15) is 0 Å². The Bertz CT molecular complexity index is 1090. The lowest BCUT2D eigenvalue weighted by Crippen LogP contribution is -2.04. The fraction of sp³-hybridized carbons (Fsp3) is 0.100. The average molecular weight is 332 g/mol. The summed E-state index contributed by atoms with van der Waals surface area (Å²) in [5, 5.41) is 0.572. The SMILES string of the molecule is COc1cc2[nH]c(-c3ccc(C)cc3)cc(=O)c2cc1-c1cnco1. The van der Waals surface area contributed by atoms with Gasteiger partial charge in [-0.25, -0.2) is 4.98 Å². The molecule has 0 atom stereocenters. The number of hydrogen-bond donors (Lipinski definition) is 1. The number of rotatable bonds is 3. The van der Waals surface area contributed by atoms with E-state index in [-0.39, 0.29) is 5.43 Å². The van der Waals surface area contributed by atoms with Crippen molar-refractivity contribution in [2.75, 3.05) is 7.11 Å². The maximum Gasteiger partial charge on any atom is 0.190 e. The van der Waals surface area contributed by atoms with Crippen LogP contribution in [0.2, 0.25) is 0 Å². The number of nitrogens with one attached hydrogen (secondary N) is 1. The van der Waals surface area contributed by atoms with Crippen molar-refractivity contribution in [3.05, 3.63) is 70.8 Å². The van der Waals surface area contributed by atoms with Gasteiger partial charge in [0.05, 0.1) is 24.4 Å². The van der Waals surface area contributed by atoms with Gasteiger partial charge < -0.3 is 14.1 Å². The van der Waals surface area contributed by atoms with Gasteiger partial charge in [-0.05, 0) is 18.6 Å². The van der Waals surface area contributed by atoms with E-state index in [1.54, 1.807) is 25.4 Å². The maximum atomic E-state index is 12.7. The molecule has 0 saturated heterocycles. The fourth-order valence-corrected chi connectivity index (χ4v) is 2.88. The molecule has 0 fully saturated rings. The van der Waals surface area contributed by atoms with Crippen LogP contribution in [0.4, 0.5) is 0 Å². The van der Waals surface area contributed by atoms with Gasteiger partial charge >= 0.3 is 0 Å². The Morgan fingerprint density at radius 3 is 2.60 bits per heavy atom. The van der Waals surface area contributed by atoms with Crippen LogP contribution in [0.1, 0.15) is 5.56 Å². The van der Waals surface area contributed by atoms with Crippen molar-refractivity contribution in [1.29, 1.82) is 0 Å². The molecule has 0 amide bonds. The minimum atomic E-state index is -0.0623. The van der Waals surface area contributed by atoms with E-state index in [9.17, 15) is 4.79 Å². The van der Waals surface area contributed by atoms with E-state index in [0.29, 0.717) is 28.0 Å². The molecule has 0 saturated carbocycles. The summed E-state index contributed by atoms with van der Waals surface area (Å²) < 4.78 is 10.8. The largest absolute Gasteiger partial charge is 0.496 e. The zero-order chi connectivity index (χ0) is 17.4. The summed E-state index contributed by atoms with van der Waals surface area (Å²) in [7, 11) is 1.59. The van der Waals surface area contributed by atoms with Gasteiger partial charge in [0, 0.05) is 23.2 Å². The Morgan fingerprint density at radius 1 is 1.12 bits per heavy atom. The van der Waals surface area contributed by atoms with Crippen LogP contribution in [0.25, 0.3) is 33.5 Å². The average Bonchev–Trinajstić information content (AvgIpc) is 3.15. The molecule has 5 heteroatoms. The van der Waals surface area contributed by atoms with Crippen molar-refractivity contribution in [2.24, 2.45) is 0 Å². The zero-order valence-electron chi connectivity index (χ0n) is 13.9. The number of aryl methyl sites for hydroxylation is 1. The second-order valence-corrected chi connectivity index (χ2v) is 5.88. The summed E-state index contributed by atoms with van der Waals surface area (Å²) in [5.74, 6) is 1.17. The van der Waals surface area contributed by atoms with Crippen LogP contribution >= 0.6 is 0 Å². The lowest BCUT2D eigenvalue weighted by atomic mass is 10.0. The highest BCUT2D eigenvalue weighted by atomic mass is 16.5. The van der Waals surface area contributed by atoms with Crippen LogP contribution in [-0.4, -0.2) is 17.1 Å². The molecule has 25 heavy (non-hydrogen) atoms. The molecule has 0 spiro atoms. The third-order valence-electron chi connectivity index (χ3n) is 4.21. The number of benzene rings is 2. The molecule has 0 bridgehead atoms. The minimum absolute atomic E-state index is 0.0623. The van der Waals surface area contributed by atoms with Crippen molar-refractivity contribution < 1.29 is 9.15 Å². The quantitative estimate of drug-likeness (QED) is 0.611. The van der Waals surface area contributed by atoms with E-state index >= 15 is 0 Å². The molecular weight excluding hydrogens is 316 g/mol. The van der Waals surface area contributed by atoms with Crippen LogP contribution in [0.3, 0.4) is 0 Å². The van der Waals surface area contributed by atoms with Crippen molar-refractivity contribution in [2.45, 2.75) is 6.92 Å². The second-order valence-electron chi connectivity index (χ2n) is 5.88. The third-order valence-corrected chi connectivity index (χ3v) is 4.21. The van der Waals surface area contributed by atoms with Crippen LogP contribution < -0.4 is 10.2 Å².